The van der Waals surface area contributed by atoms with Gasteiger partial charge in [-0.3, -0.25) is 9.52 Å². The number of ether oxygens (including phenoxy) is 1. The first-order valence-electron chi connectivity index (χ1n) is 9.08. The number of nitrogens with zero attached hydrogens (tertiary/aromatic N) is 2. The van der Waals surface area contributed by atoms with Crippen LogP contribution in [-0.2, 0) is 21.2 Å². The lowest BCUT2D eigenvalue weighted by Crippen LogP contribution is -2.33. The number of sulfonamides is 1. The van der Waals surface area contributed by atoms with Crippen LogP contribution in [-0.4, -0.2) is 32.5 Å². The van der Waals surface area contributed by atoms with Crippen LogP contribution in [0.3, 0.4) is 0 Å². The third-order valence-corrected chi connectivity index (χ3v) is 6.80. The number of carbonyl (C=O) groups excluding carboxylic acids is 1. The summed E-state index contributed by atoms with van der Waals surface area (Å²) < 4.78 is 46.7. The minimum atomic E-state index is -3.77. The summed E-state index contributed by atoms with van der Waals surface area (Å²) in [5, 5.41) is 1.96. The molecule has 2 heterocycles. The Morgan fingerprint density at radius 3 is 2.90 bits per heavy atom. The number of aryl methyl sites for hydroxylation is 1. The van der Waals surface area contributed by atoms with E-state index in [1.165, 1.54) is 40.6 Å². The molecule has 2 aromatic carbocycles. The monoisotopic (exact) mass is 447 g/mol. The van der Waals surface area contributed by atoms with Gasteiger partial charge in [0.15, 0.2) is 23.3 Å². The summed E-state index contributed by atoms with van der Waals surface area (Å²) in [7, 11) is -3.77. The number of benzene rings is 2. The van der Waals surface area contributed by atoms with Crippen molar-refractivity contribution in [3.05, 3.63) is 64.9 Å². The van der Waals surface area contributed by atoms with Crippen LogP contribution >= 0.6 is 11.3 Å². The van der Waals surface area contributed by atoms with Gasteiger partial charge in [-0.25, -0.2) is 17.8 Å². The van der Waals surface area contributed by atoms with Gasteiger partial charge in [0.25, 0.3) is 15.9 Å². The zero-order valence-electron chi connectivity index (χ0n) is 16.0. The molecule has 1 amide bonds. The Hall–Kier alpha value is -2.98. The van der Waals surface area contributed by atoms with Crippen LogP contribution in [0.5, 0.6) is 5.75 Å². The van der Waals surface area contributed by atoms with E-state index in [0.29, 0.717) is 18.7 Å². The third-order valence-electron chi connectivity index (χ3n) is 4.65. The van der Waals surface area contributed by atoms with E-state index in [1.54, 1.807) is 30.5 Å². The van der Waals surface area contributed by atoms with Crippen molar-refractivity contribution in [2.24, 2.45) is 0 Å². The summed E-state index contributed by atoms with van der Waals surface area (Å²) in [6.45, 7) is 1.89. The van der Waals surface area contributed by atoms with Gasteiger partial charge in [-0.1, -0.05) is 6.07 Å². The molecular weight excluding hydrogens is 429 g/mol. The van der Waals surface area contributed by atoms with Crippen LogP contribution in [0.4, 0.5) is 15.2 Å². The molecule has 4 rings (SSSR count). The molecule has 1 aliphatic rings. The first kappa shape index (κ1) is 20.3. The highest BCUT2D eigenvalue weighted by atomic mass is 32.2. The molecule has 0 radical (unpaired) electrons. The van der Waals surface area contributed by atoms with Crippen molar-refractivity contribution >= 4 is 38.1 Å². The third kappa shape index (κ3) is 4.14. The lowest BCUT2D eigenvalue weighted by Gasteiger charge is -2.18. The molecule has 0 atom stereocenters. The van der Waals surface area contributed by atoms with Crippen LogP contribution < -0.4 is 14.4 Å². The van der Waals surface area contributed by atoms with Crippen LogP contribution in [0.25, 0.3) is 0 Å². The SMILES string of the molecule is Cc1ccc(F)c(OCC(=O)N2CCc3cc(S(=O)(=O)Nc4nccs4)ccc32)c1. The number of nitrogens with one attached hydrogen (secondary N) is 1. The van der Waals surface area contributed by atoms with E-state index in [-0.39, 0.29) is 28.3 Å². The standard InChI is InChI=1S/C20H18FN3O4S2/c1-13-2-4-16(21)18(10-13)28-12-19(25)24-8-6-14-11-15(3-5-17(14)24)30(26,27)23-20-22-7-9-29-20/h2-5,7,9-11H,6,8,12H2,1H3,(H,22,23). The molecule has 0 spiro atoms. The molecule has 0 fully saturated rings. The number of carbonyl (C=O) groups is 1. The van der Waals surface area contributed by atoms with E-state index < -0.39 is 15.8 Å². The van der Waals surface area contributed by atoms with Crippen molar-refractivity contribution in [1.82, 2.24) is 4.98 Å². The molecular formula is C20H18FN3O4S2. The van der Waals surface area contributed by atoms with Crippen molar-refractivity contribution in [2.75, 3.05) is 22.8 Å². The Balaban J connectivity index is 1.48. The highest BCUT2D eigenvalue weighted by Crippen LogP contribution is 2.31. The van der Waals surface area contributed by atoms with E-state index in [0.717, 1.165) is 11.1 Å². The van der Waals surface area contributed by atoms with Gasteiger partial charge in [0.05, 0.1) is 4.90 Å². The van der Waals surface area contributed by atoms with Crippen molar-refractivity contribution in [3.8, 4) is 5.75 Å². The molecule has 0 unspecified atom stereocenters. The molecule has 1 aromatic heterocycles. The number of anilines is 2. The molecule has 30 heavy (non-hydrogen) atoms. The normalized spacial score (nSPS) is 13.2. The summed E-state index contributed by atoms with van der Waals surface area (Å²) in [5.41, 5.74) is 2.19. The summed E-state index contributed by atoms with van der Waals surface area (Å²) in [6, 6.07) is 9.05. The number of thiazole rings is 1. The summed E-state index contributed by atoms with van der Waals surface area (Å²) in [5.74, 6) is -0.832. The number of amides is 1. The van der Waals surface area contributed by atoms with Gasteiger partial charge < -0.3 is 9.64 Å². The van der Waals surface area contributed by atoms with Crippen LogP contribution in [0, 0.1) is 12.7 Å². The van der Waals surface area contributed by atoms with Crippen molar-refractivity contribution in [1.29, 1.82) is 0 Å². The van der Waals surface area contributed by atoms with Crippen molar-refractivity contribution in [3.63, 3.8) is 0 Å². The second-order valence-electron chi connectivity index (χ2n) is 6.75. The van der Waals surface area contributed by atoms with E-state index in [2.05, 4.69) is 9.71 Å². The summed E-state index contributed by atoms with van der Waals surface area (Å²) in [6.07, 6.45) is 2.03. The number of aromatic nitrogens is 1. The fourth-order valence-electron chi connectivity index (χ4n) is 3.19. The van der Waals surface area contributed by atoms with Crippen molar-refractivity contribution in [2.45, 2.75) is 18.2 Å². The maximum absolute atomic E-state index is 13.8. The van der Waals surface area contributed by atoms with Gasteiger partial charge in [-0.2, -0.15) is 0 Å². The molecule has 1 N–H and O–H groups in total. The quantitative estimate of drug-likeness (QED) is 0.626. The van der Waals surface area contributed by atoms with Gasteiger partial charge >= 0.3 is 0 Å². The zero-order chi connectivity index (χ0) is 21.3. The van der Waals surface area contributed by atoms with E-state index in [9.17, 15) is 17.6 Å². The van der Waals surface area contributed by atoms with E-state index in [1.807, 2.05) is 0 Å². The van der Waals surface area contributed by atoms with Gasteiger partial charge in [-0.15, -0.1) is 11.3 Å². The van der Waals surface area contributed by atoms with Crippen LogP contribution in [0.1, 0.15) is 11.1 Å². The fourth-order valence-corrected chi connectivity index (χ4v) is 5.03. The molecule has 10 heteroatoms. The number of hydrogen-bond donors (Lipinski definition) is 1. The van der Waals surface area contributed by atoms with Gasteiger partial charge in [0.1, 0.15) is 0 Å². The number of halogens is 1. The average molecular weight is 448 g/mol. The second-order valence-corrected chi connectivity index (χ2v) is 9.33. The molecule has 0 aliphatic carbocycles. The summed E-state index contributed by atoms with van der Waals surface area (Å²) in [4.78, 5) is 18.2. The Bertz CT molecular complexity index is 1200. The summed E-state index contributed by atoms with van der Waals surface area (Å²) >= 11 is 1.18. The Kier molecular flexibility index (Phi) is 5.44. The highest BCUT2D eigenvalue weighted by molar-refractivity contribution is 7.93. The van der Waals surface area contributed by atoms with Crippen LogP contribution in [0.15, 0.2) is 52.9 Å². The first-order valence-corrected chi connectivity index (χ1v) is 11.4. The molecule has 0 saturated heterocycles. The fraction of sp³-hybridized carbons (Fsp3) is 0.200. The maximum Gasteiger partial charge on any atom is 0.264 e. The average Bonchev–Trinajstić information content (AvgIpc) is 3.37. The molecule has 1 aliphatic heterocycles. The zero-order valence-corrected chi connectivity index (χ0v) is 17.6. The number of rotatable bonds is 6. The Morgan fingerprint density at radius 2 is 2.13 bits per heavy atom. The van der Waals surface area contributed by atoms with Gasteiger partial charge in [0, 0.05) is 23.8 Å². The maximum atomic E-state index is 13.8. The van der Waals surface area contributed by atoms with E-state index in [4.69, 9.17) is 4.74 Å². The molecule has 3 aromatic rings. The second kappa shape index (κ2) is 8.04. The minimum Gasteiger partial charge on any atom is -0.481 e. The van der Waals surface area contributed by atoms with E-state index >= 15 is 0 Å². The molecule has 0 bridgehead atoms. The molecule has 7 nitrogen and oxygen atoms in total. The molecule has 156 valence electrons. The Morgan fingerprint density at radius 1 is 1.30 bits per heavy atom. The van der Waals surface area contributed by atoms with Crippen molar-refractivity contribution < 1.29 is 22.3 Å². The predicted octanol–water partition coefficient (Wildman–Crippen LogP) is 3.36. The van der Waals surface area contributed by atoms with Crippen LogP contribution in [0.2, 0.25) is 0 Å². The highest BCUT2D eigenvalue weighted by Gasteiger charge is 2.27. The lowest BCUT2D eigenvalue weighted by molar-refractivity contribution is -0.120. The minimum absolute atomic E-state index is 0.0254. The number of fused-ring (bicyclic) bond motifs is 1. The largest absolute Gasteiger partial charge is 0.481 e. The smallest absolute Gasteiger partial charge is 0.264 e. The molecule has 0 saturated carbocycles. The van der Waals surface area contributed by atoms with Gasteiger partial charge in [-0.05, 0) is 54.8 Å². The van der Waals surface area contributed by atoms with Gasteiger partial charge in [0.2, 0.25) is 0 Å². The first-order chi connectivity index (χ1) is 14.3. The predicted molar refractivity (Wildman–Crippen MR) is 112 cm³/mol. The number of hydrogen-bond acceptors (Lipinski definition) is 6. The topological polar surface area (TPSA) is 88.6 Å². The lowest BCUT2D eigenvalue weighted by atomic mass is 10.2. The Labute approximate surface area is 177 Å².